The predicted molar refractivity (Wildman–Crippen MR) is 103 cm³/mol. The Bertz CT molecular complexity index is 877. The Balaban J connectivity index is 1.57. The van der Waals surface area contributed by atoms with E-state index in [9.17, 15) is 19.2 Å². The lowest BCUT2D eigenvalue weighted by molar-refractivity contribution is -0.148. The molecule has 0 aliphatic carbocycles. The van der Waals surface area contributed by atoms with Crippen molar-refractivity contribution in [1.82, 2.24) is 15.1 Å². The second-order valence-electron chi connectivity index (χ2n) is 8.11. The van der Waals surface area contributed by atoms with Crippen molar-refractivity contribution in [2.45, 2.75) is 38.6 Å². The van der Waals surface area contributed by atoms with E-state index >= 15 is 0 Å². The van der Waals surface area contributed by atoms with Gasteiger partial charge in [-0.1, -0.05) is 6.07 Å². The number of carbonyl (C=O) groups is 4. The zero-order valence-electron chi connectivity index (χ0n) is 16.5. The molecule has 0 spiro atoms. The highest BCUT2D eigenvalue weighted by Gasteiger charge is 2.48. The molecule has 2 fully saturated rings. The molecule has 3 heterocycles. The van der Waals surface area contributed by atoms with Gasteiger partial charge in [0.25, 0.3) is 5.91 Å². The Hall–Kier alpha value is -2.90. The summed E-state index contributed by atoms with van der Waals surface area (Å²) in [5.41, 5.74) is 0.330. The Morgan fingerprint density at radius 1 is 1.21 bits per heavy atom. The van der Waals surface area contributed by atoms with Crippen molar-refractivity contribution in [1.29, 1.82) is 0 Å². The third-order valence-electron chi connectivity index (χ3n) is 6.20. The average Bonchev–Trinajstić information content (AvgIpc) is 3.34. The second-order valence-corrected chi connectivity index (χ2v) is 8.11. The van der Waals surface area contributed by atoms with Gasteiger partial charge in [0.1, 0.15) is 5.75 Å². The number of benzene rings is 1. The first-order chi connectivity index (χ1) is 13.9. The van der Waals surface area contributed by atoms with Gasteiger partial charge in [0.15, 0.2) is 0 Å². The lowest BCUT2D eigenvalue weighted by Crippen LogP contribution is -2.55. The van der Waals surface area contributed by atoms with Crippen LogP contribution in [0.25, 0.3) is 0 Å². The smallest absolute Gasteiger partial charge is 0.254 e. The molecule has 3 aliphatic heterocycles. The summed E-state index contributed by atoms with van der Waals surface area (Å²) in [5, 5.41) is 2.39. The highest BCUT2D eigenvalue weighted by molar-refractivity contribution is 6.03. The summed E-state index contributed by atoms with van der Waals surface area (Å²) in [7, 11) is 1.54. The normalized spacial score (nSPS) is 24.0. The summed E-state index contributed by atoms with van der Waals surface area (Å²) in [6.45, 7) is 1.88. The van der Waals surface area contributed by atoms with Crippen LogP contribution in [0.3, 0.4) is 0 Å². The van der Waals surface area contributed by atoms with Crippen LogP contribution in [-0.2, 0) is 20.9 Å². The molecule has 0 saturated carbocycles. The quantitative estimate of drug-likeness (QED) is 0.748. The molecule has 0 bridgehead atoms. The third kappa shape index (κ3) is 3.59. The standard InChI is InChI=1S/C21H25N3O5/c1-29-15-5-4-14-12-24(19(27)16(14)10-15)13-21(7-6-17(25)22-20(21)28)11-18(26)23-8-2-3-9-23/h4-5,10H,2-3,6-9,11-13H2,1H3,(H,22,25,28). The van der Waals surface area contributed by atoms with Gasteiger partial charge in [-0.05, 0) is 37.0 Å². The largest absolute Gasteiger partial charge is 0.497 e. The van der Waals surface area contributed by atoms with Crippen LogP contribution in [0.1, 0.15) is 48.0 Å². The van der Waals surface area contributed by atoms with Crippen LogP contribution in [0.2, 0.25) is 0 Å². The minimum atomic E-state index is -1.09. The average molecular weight is 399 g/mol. The molecule has 2 saturated heterocycles. The highest BCUT2D eigenvalue weighted by Crippen LogP contribution is 2.37. The number of likely N-dealkylation sites (tertiary alicyclic amines) is 1. The van der Waals surface area contributed by atoms with Gasteiger partial charge in [0.2, 0.25) is 17.7 Å². The van der Waals surface area contributed by atoms with E-state index in [0.717, 1.165) is 18.4 Å². The topological polar surface area (TPSA) is 96.0 Å². The van der Waals surface area contributed by atoms with Crippen LogP contribution >= 0.6 is 0 Å². The minimum Gasteiger partial charge on any atom is -0.497 e. The number of amides is 4. The van der Waals surface area contributed by atoms with Crippen molar-refractivity contribution >= 4 is 23.6 Å². The lowest BCUT2D eigenvalue weighted by atomic mass is 9.75. The van der Waals surface area contributed by atoms with E-state index in [1.807, 2.05) is 6.07 Å². The number of piperidine rings is 1. The van der Waals surface area contributed by atoms with Gasteiger partial charge in [-0.3, -0.25) is 24.5 Å². The summed E-state index contributed by atoms with van der Waals surface area (Å²) < 4.78 is 5.21. The van der Waals surface area contributed by atoms with Crippen LogP contribution in [0.5, 0.6) is 5.75 Å². The Kier molecular flexibility index (Phi) is 5.02. The van der Waals surface area contributed by atoms with Crippen LogP contribution in [0, 0.1) is 5.41 Å². The molecule has 1 aromatic carbocycles. The molecule has 154 valence electrons. The van der Waals surface area contributed by atoms with Gasteiger partial charge in [-0.2, -0.15) is 0 Å². The molecular formula is C21H25N3O5. The fourth-order valence-corrected chi connectivity index (χ4v) is 4.49. The summed E-state index contributed by atoms with van der Waals surface area (Å²) in [6.07, 6.45) is 2.37. The fraction of sp³-hybridized carbons (Fsp3) is 0.524. The van der Waals surface area contributed by atoms with Crippen molar-refractivity contribution in [3.63, 3.8) is 0 Å². The van der Waals surface area contributed by atoms with E-state index in [-0.39, 0.29) is 43.5 Å². The molecule has 8 heteroatoms. The molecule has 4 amide bonds. The third-order valence-corrected chi connectivity index (χ3v) is 6.20. The number of carbonyl (C=O) groups excluding carboxylic acids is 4. The van der Waals surface area contributed by atoms with Gasteiger partial charge < -0.3 is 14.5 Å². The van der Waals surface area contributed by atoms with E-state index in [4.69, 9.17) is 4.74 Å². The number of hydrogen-bond donors (Lipinski definition) is 1. The Morgan fingerprint density at radius 3 is 2.66 bits per heavy atom. The summed E-state index contributed by atoms with van der Waals surface area (Å²) in [4.78, 5) is 53.8. The van der Waals surface area contributed by atoms with Crippen molar-refractivity contribution in [2.75, 3.05) is 26.7 Å². The van der Waals surface area contributed by atoms with E-state index < -0.39 is 11.3 Å². The van der Waals surface area contributed by atoms with Crippen LogP contribution in [0.4, 0.5) is 0 Å². The van der Waals surface area contributed by atoms with Gasteiger partial charge in [-0.15, -0.1) is 0 Å². The van der Waals surface area contributed by atoms with Crippen molar-refractivity contribution in [3.05, 3.63) is 29.3 Å². The molecule has 3 aliphatic rings. The zero-order valence-corrected chi connectivity index (χ0v) is 16.5. The SMILES string of the molecule is COc1ccc2c(c1)C(=O)N(CC1(CC(=O)N3CCCC3)CCC(=O)NC1=O)C2. The number of methoxy groups -OCH3 is 1. The van der Waals surface area contributed by atoms with Crippen LogP contribution < -0.4 is 10.1 Å². The zero-order chi connectivity index (χ0) is 20.6. The monoisotopic (exact) mass is 399 g/mol. The number of ether oxygens (including phenoxy) is 1. The first-order valence-electron chi connectivity index (χ1n) is 10.0. The van der Waals surface area contributed by atoms with Crippen molar-refractivity contribution in [3.8, 4) is 5.75 Å². The van der Waals surface area contributed by atoms with E-state index in [0.29, 0.717) is 30.9 Å². The molecule has 1 N–H and O–H groups in total. The van der Waals surface area contributed by atoms with Gasteiger partial charge in [0.05, 0.1) is 12.5 Å². The summed E-state index contributed by atoms with van der Waals surface area (Å²) in [6, 6.07) is 5.34. The summed E-state index contributed by atoms with van der Waals surface area (Å²) >= 11 is 0. The second kappa shape index (κ2) is 7.50. The number of imide groups is 1. The van der Waals surface area contributed by atoms with Gasteiger partial charge >= 0.3 is 0 Å². The molecule has 1 unspecified atom stereocenters. The molecule has 8 nitrogen and oxygen atoms in total. The maximum Gasteiger partial charge on any atom is 0.254 e. The molecule has 1 atom stereocenters. The fourth-order valence-electron chi connectivity index (χ4n) is 4.49. The first-order valence-corrected chi connectivity index (χ1v) is 10.0. The van der Waals surface area contributed by atoms with Crippen molar-refractivity contribution in [2.24, 2.45) is 5.41 Å². The van der Waals surface area contributed by atoms with Crippen LogP contribution in [-0.4, -0.2) is 60.2 Å². The van der Waals surface area contributed by atoms with Crippen molar-refractivity contribution < 1.29 is 23.9 Å². The van der Waals surface area contributed by atoms with Gasteiger partial charge in [-0.25, -0.2) is 0 Å². The molecule has 29 heavy (non-hydrogen) atoms. The Morgan fingerprint density at radius 2 is 1.97 bits per heavy atom. The summed E-state index contributed by atoms with van der Waals surface area (Å²) in [5.74, 6) is -0.462. The molecule has 0 aromatic heterocycles. The lowest BCUT2D eigenvalue weighted by Gasteiger charge is -2.38. The first kappa shape index (κ1) is 19.4. The van der Waals surface area contributed by atoms with Gasteiger partial charge in [0, 0.05) is 44.6 Å². The predicted octanol–water partition coefficient (Wildman–Crippen LogP) is 1.09. The molecule has 1 aromatic rings. The molecule has 4 rings (SSSR count). The maximum absolute atomic E-state index is 13.0. The number of nitrogens with zero attached hydrogens (tertiary/aromatic N) is 2. The number of hydrogen-bond acceptors (Lipinski definition) is 5. The van der Waals surface area contributed by atoms with Crippen LogP contribution in [0.15, 0.2) is 18.2 Å². The minimum absolute atomic E-state index is 0.00948. The molecular weight excluding hydrogens is 374 g/mol. The highest BCUT2D eigenvalue weighted by atomic mass is 16.5. The number of fused-ring (bicyclic) bond motifs is 1. The van der Waals surface area contributed by atoms with E-state index in [1.165, 1.54) is 0 Å². The van der Waals surface area contributed by atoms with E-state index in [1.54, 1.807) is 29.0 Å². The number of rotatable bonds is 5. The molecule has 0 radical (unpaired) electrons. The van der Waals surface area contributed by atoms with E-state index in [2.05, 4.69) is 5.32 Å². The Labute approximate surface area is 169 Å². The maximum atomic E-state index is 13.0. The number of nitrogens with one attached hydrogen (secondary N) is 1.